The zero-order chi connectivity index (χ0) is 10.7. The van der Waals surface area contributed by atoms with Gasteiger partial charge in [-0.2, -0.15) is 5.26 Å². The second-order valence-corrected chi connectivity index (χ2v) is 3.38. The van der Waals surface area contributed by atoms with Crippen LogP contribution in [-0.2, 0) is 0 Å². The highest BCUT2D eigenvalue weighted by Gasteiger charge is 2.11. The average Bonchev–Trinajstić information content (AvgIpc) is 2.17. The second kappa shape index (κ2) is 4.10. The molecule has 0 aromatic heterocycles. The van der Waals surface area contributed by atoms with E-state index in [0.29, 0.717) is 5.69 Å². The Morgan fingerprint density at radius 2 is 2.21 bits per heavy atom. The van der Waals surface area contributed by atoms with Crippen molar-refractivity contribution in [2.75, 3.05) is 5.73 Å². The van der Waals surface area contributed by atoms with Gasteiger partial charge in [-0.1, -0.05) is 13.8 Å². The van der Waals surface area contributed by atoms with Crippen LogP contribution in [0, 0.1) is 17.1 Å². The van der Waals surface area contributed by atoms with E-state index in [9.17, 15) is 4.39 Å². The molecule has 1 rings (SSSR count). The van der Waals surface area contributed by atoms with Crippen molar-refractivity contribution >= 4 is 5.69 Å². The highest BCUT2D eigenvalue weighted by atomic mass is 19.1. The zero-order valence-corrected chi connectivity index (χ0v) is 8.34. The molecule has 1 aromatic rings. The Hall–Kier alpha value is -1.56. The van der Waals surface area contributed by atoms with Gasteiger partial charge in [0, 0.05) is 5.69 Å². The second-order valence-electron chi connectivity index (χ2n) is 3.38. The smallest absolute Gasteiger partial charge is 0.143 e. The van der Waals surface area contributed by atoms with Gasteiger partial charge in [0.1, 0.15) is 11.9 Å². The number of hydrogen-bond donors (Lipinski definition) is 1. The molecule has 0 saturated heterocycles. The molecule has 0 aliphatic heterocycles. The minimum atomic E-state index is -0.544. The molecule has 0 spiro atoms. The van der Waals surface area contributed by atoms with Gasteiger partial charge in [0.15, 0.2) is 0 Å². The van der Waals surface area contributed by atoms with E-state index in [1.165, 1.54) is 6.07 Å². The summed E-state index contributed by atoms with van der Waals surface area (Å²) < 4.78 is 13.1. The summed E-state index contributed by atoms with van der Waals surface area (Å²) in [5.41, 5.74) is 7.02. The Balaban J connectivity index is 3.26. The number of nitrogen functional groups attached to an aromatic ring is 1. The van der Waals surface area contributed by atoms with E-state index in [4.69, 9.17) is 11.0 Å². The Kier molecular flexibility index (Phi) is 3.08. The fourth-order valence-electron chi connectivity index (χ4n) is 1.34. The summed E-state index contributed by atoms with van der Waals surface area (Å²) in [6.45, 7) is 4.03. The molecule has 1 unspecified atom stereocenters. The van der Waals surface area contributed by atoms with Crippen molar-refractivity contribution in [3.63, 3.8) is 0 Å². The van der Waals surface area contributed by atoms with Gasteiger partial charge in [-0.05, 0) is 30.0 Å². The lowest BCUT2D eigenvalue weighted by molar-refractivity contribution is 0.622. The summed E-state index contributed by atoms with van der Waals surface area (Å²) in [4.78, 5) is 0. The molecule has 1 atom stereocenters. The van der Waals surface area contributed by atoms with Gasteiger partial charge < -0.3 is 5.73 Å². The van der Waals surface area contributed by atoms with Crippen molar-refractivity contribution < 1.29 is 4.39 Å². The van der Waals surface area contributed by atoms with E-state index >= 15 is 0 Å². The monoisotopic (exact) mass is 192 g/mol. The van der Waals surface area contributed by atoms with Gasteiger partial charge in [0.2, 0.25) is 0 Å². The molecule has 0 saturated carbocycles. The molecular weight excluding hydrogens is 179 g/mol. The van der Waals surface area contributed by atoms with Crippen molar-refractivity contribution in [2.24, 2.45) is 0 Å². The van der Waals surface area contributed by atoms with Crippen LogP contribution in [0.1, 0.15) is 37.3 Å². The molecule has 74 valence electrons. The molecule has 3 heteroatoms. The van der Waals surface area contributed by atoms with Gasteiger partial charge in [-0.25, -0.2) is 4.39 Å². The number of nitrogens with two attached hydrogens (primary N) is 1. The standard InChI is InChI=1S/C11H13FN2/c1-3-7(2)9-4-8(6-13)10(12)5-11(9)14/h4-5,7H,3,14H2,1-2H3. The van der Waals surface area contributed by atoms with E-state index in [-0.39, 0.29) is 11.5 Å². The first kappa shape index (κ1) is 10.5. The minimum absolute atomic E-state index is 0.0644. The van der Waals surface area contributed by atoms with E-state index in [1.807, 2.05) is 19.9 Å². The molecular formula is C11H13FN2. The molecule has 2 N–H and O–H groups in total. The maximum atomic E-state index is 13.1. The molecule has 0 radical (unpaired) electrons. The number of halogens is 1. The number of anilines is 1. The van der Waals surface area contributed by atoms with Crippen LogP contribution in [0.2, 0.25) is 0 Å². The third kappa shape index (κ3) is 1.85. The number of benzene rings is 1. The Bertz CT molecular complexity index is 380. The lowest BCUT2D eigenvalue weighted by Gasteiger charge is -2.12. The first-order valence-electron chi connectivity index (χ1n) is 4.59. The fourth-order valence-corrected chi connectivity index (χ4v) is 1.34. The Labute approximate surface area is 83.2 Å². The van der Waals surface area contributed by atoms with Crippen molar-refractivity contribution in [1.29, 1.82) is 5.26 Å². The number of hydrogen-bond acceptors (Lipinski definition) is 2. The topological polar surface area (TPSA) is 49.8 Å². The maximum Gasteiger partial charge on any atom is 0.143 e. The highest BCUT2D eigenvalue weighted by Crippen LogP contribution is 2.27. The summed E-state index contributed by atoms with van der Waals surface area (Å²) in [7, 11) is 0. The summed E-state index contributed by atoms with van der Waals surface area (Å²) in [5, 5.41) is 8.66. The molecule has 2 nitrogen and oxygen atoms in total. The van der Waals surface area contributed by atoms with Crippen molar-refractivity contribution in [1.82, 2.24) is 0 Å². The quantitative estimate of drug-likeness (QED) is 0.732. The number of nitriles is 1. The first-order chi connectivity index (χ1) is 6.60. The predicted molar refractivity (Wildman–Crippen MR) is 54.2 cm³/mol. The summed E-state index contributed by atoms with van der Waals surface area (Å²) in [6.07, 6.45) is 0.917. The van der Waals surface area contributed by atoms with Crippen LogP contribution in [0.15, 0.2) is 12.1 Å². The van der Waals surface area contributed by atoms with Crippen LogP contribution in [0.3, 0.4) is 0 Å². The largest absolute Gasteiger partial charge is 0.398 e. The van der Waals surface area contributed by atoms with Gasteiger partial charge in [-0.15, -0.1) is 0 Å². The van der Waals surface area contributed by atoms with E-state index in [0.717, 1.165) is 12.0 Å². The van der Waals surface area contributed by atoms with Crippen LogP contribution in [0.5, 0.6) is 0 Å². The minimum Gasteiger partial charge on any atom is -0.398 e. The third-order valence-corrected chi connectivity index (χ3v) is 2.44. The van der Waals surface area contributed by atoms with Gasteiger partial charge in [-0.3, -0.25) is 0 Å². The van der Waals surface area contributed by atoms with Gasteiger partial charge >= 0.3 is 0 Å². The van der Waals surface area contributed by atoms with Crippen LogP contribution in [-0.4, -0.2) is 0 Å². The lowest BCUT2D eigenvalue weighted by atomic mass is 9.95. The third-order valence-electron chi connectivity index (χ3n) is 2.44. The van der Waals surface area contributed by atoms with Crippen LogP contribution in [0.25, 0.3) is 0 Å². The van der Waals surface area contributed by atoms with Gasteiger partial charge in [0.05, 0.1) is 5.56 Å². The Morgan fingerprint density at radius 3 is 2.71 bits per heavy atom. The zero-order valence-electron chi connectivity index (χ0n) is 8.34. The molecule has 0 bridgehead atoms. The molecule has 0 aliphatic rings. The van der Waals surface area contributed by atoms with Crippen LogP contribution < -0.4 is 5.73 Å². The molecule has 0 fully saturated rings. The van der Waals surface area contributed by atoms with Crippen LogP contribution >= 0.6 is 0 Å². The molecule has 1 aromatic carbocycles. The molecule has 14 heavy (non-hydrogen) atoms. The van der Waals surface area contributed by atoms with Crippen LogP contribution in [0.4, 0.5) is 10.1 Å². The van der Waals surface area contributed by atoms with Gasteiger partial charge in [0.25, 0.3) is 0 Å². The first-order valence-corrected chi connectivity index (χ1v) is 4.59. The number of nitrogens with zero attached hydrogens (tertiary/aromatic N) is 1. The van der Waals surface area contributed by atoms with E-state index in [2.05, 4.69) is 0 Å². The SMILES string of the molecule is CCC(C)c1cc(C#N)c(F)cc1N. The molecule has 0 aliphatic carbocycles. The van der Waals surface area contributed by atoms with Crippen molar-refractivity contribution in [3.8, 4) is 6.07 Å². The number of rotatable bonds is 2. The Morgan fingerprint density at radius 1 is 1.57 bits per heavy atom. The summed E-state index contributed by atoms with van der Waals surface area (Å²) in [5.74, 6) is -0.292. The fraction of sp³-hybridized carbons (Fsp3) is 0.364. The highest BCUT2D eigenvalue weighted by molar-refractivity contribution is 5.53. The summed E-state index contributed by atoms with van der Waals surface area (Å²) >= 11 is 0. The normalized spacial score (nSPS) is 12.1. The van der Waals surface area contributed by atoms with Crippen molar-refractivity contribution in [3.05, 3.63) is 29.1 Å². The van der Waals surface area contributed by atoms with E-state index in [1.54, 1.807) is 6.07 Å². The average molecular weight is 192 g/mol. The van der Waals surface area contributed by atoms with Crippen molar-refractivity contribution in [2.45, 2.75) is 26.2 Å². The summed E-state index contributed by atoms with van der Waals surface area (Å²) in [6, 6.07) is 4.57. The van der Waals surface area contributed by atoms with E-state index < -0.39 is 5.82 Å². The predicted octanol–water partition coefficient (Wildman–Crippen LogP) is 2.79. The maximum absolute atomic E-state index is 13.1. The molecule has 0 heterocycles. The lowest BCUT2D eigenvalue weighted by Crippen LogP contribution is -2.01. The molecule has 0 amide bonds.